The Bertz CT molecular complexity index is 463. The Morgan fingerprint density at radius 1 is 1.33 bits per heavy atom. The molecule has 1 aromatic carbocycles. The minimum atomic E-state index is -1.21. The summed E-state index contributed by atoms with van der Waals surface area (Å²) in [6, 6.07) is 5.65. The van der Waals surface area contributed by atoms with Crippen molar-refractivity contribution in [2.45, 2.75) is 37.8 Å². The number of fused-ring (bicyclic) bond motifs is 1. The van der Waals surface area contributed by atoms with Crippen LogP contribution in [0.15, 0.2) is 18.2 Å². The highest BCUT2D eigenvalue weighted by Gasteiger charge is 2.31. The van der Waals surface area contributed by atoms with Gasteiger partial charge in [0.2, 0.25) is 0 Å². The van der Waals surface area contributed by atoms with Gasteiger partial charge in [0.05, 0.1) is 18.8 Å². The van der Waals surface area contributed by atoms with Crippen LogP contribution in [-0.4, -0.2) is 54.1 Å². The third-order valence-corrected chi connectivity index (χ3v) is 3.70. The molecule has 0 saturated carbocycles. The van der Waals surface area contributed by atoms with Crippen LogP contribution in [0.4, 0.5) is 0 Å². The fourth-order valence-electron chi connectivity index (χ4n) is 2.45. The van der Waals surface area contributed by atoms with Crippen molar-refractivity contribution in [3.05, 3.63) is 29.3 Å². The maximum absolute atomic E-state index is 10.1. The van der Waals surface area contributed by atoms with Crippen LogP contribution in [-0.2, 0) is 9.47 Å². The maximum Gasteiger partial charge on any atom is 0.189 e. The highest BCUT2D eigenvalue weighted by Crippen LogP contribution is 2.33. The zero-order valence-corrected chi connectivity index (χ0v) is 12.2. The second-order valence-corrected chi connectivity index (χ2v) is 5.21. The zero-order chi connectivity index (χ0) is 15.4. The van der Waals surface area contributed by atoms with E-state index >= 15 is 0 Å². The number of aliphatic hydroxyl groups excluding tert-OH is 3. The van der Waals surface area contributed by atoms with Gasteiger partial charge in [-0.3, -0.25) is 0 Å². The van der Waals surface area contributed by atoms with Crippen LogP contribution in [0.25, 0.3) is 0 Å². The predicted molar refractivity (Wildman–Crippen MR) is 75.0 cm³/mol. The Morgan fingerprint density at radius 3 is 2.76 bits per heavy atom. The third kappa shape index (κ3) is 3.72. The van der Waals surface area contributed by atoms with Gasteiger partial charge in [-0.15, -0.1) is 0 Å². The normalized spacial score (nSPS) is 30.3. The monoisotopic (exact) mass is 298 g/mol. The summed E-state index contributed by atoms with van der Waals surface area (Å²) in [6.07, 6.45) is -3.41. The van der Waals surface area contributed by atoms with E-state index in [-0.39, 0.29) is 13.2 Å². The van der Waals surface area contributed by atoms with E-state index in [0.29, 0.717) is 5.75 Å². The van der Waals surface area contributed by atoms with E-state index < -0.39 is 31.0 Å². The molecule has 0 bridgehead atoms. The molecule has 0 aliphatic carbocycles. The molecule has 0 amide bonds. The number of hydrogen-bond donors (Lipinski definition) is 3. The molecule has 1 aromatic rings. The lowest BCUT2D eigenvalue weighted by Crippen LogP contribution is -2.43. The lowest BCUT2D eigenvalue weighted by molar-refractivity contribution is -0.146. The summed E-state index contributed by atoms with van der Waals surface area (Å²) in [5.74, 6) is 0.604. The molecule has 6 heteroatoms. The van der Waals surface area contributed by atoms with Gasteiger partial charge in [-0.05, 0) is 19.1 Å². The van der Waals surface area contributed by atoms with Crippen LogP contribution >= 0.6 is 0 Å². The van der Waals surface area contributed by atoms with Crippen LogP contribution in [0.5, 0.6) is 5.75 Å². The summed E-state index contributed by atoms with van der Waals surface area (Å²) in [6.45, 7) is 1.43. The number of benzene rings is 1. The predicted octanol–water partition coefficient (Wildman–Crippen LogP) is 0.522. The van der Waals surface area contributed by atoms with Crippen LogP contribution < -0.4 is 4.74 Å². The fraction of sp³-hybridized carbons (Fsp3) is 0.600. The molecule has 118 valence electrons. The number of methoxy groups -OCH3 is 1. The number of aliphatic hydroxyl groups is 3. The average molecular weight is 298 g/mol. The van der Waals surface area contributed by atoms with Crippen molar-refractivity contribution >= 4 is 0 Å². The maximum atomic E-state index is 10.1. The van der Waals surface area contributed by atoms with Gasteiger partial charge in [-0.25, -0.2) is 0 Å². The summed E-state index contributed by atoms with van der Waals surface area (Å²) in [5.41, 5.74) is 1.84. The zero-order valence-electron chi connectivity index (χ0n) is 12.2. The van der Waals surface area contributed by atoms with Crippen molar-refractivity contribution in [1.29, 1.82) is 0 Å². The second-order valence-electron chi connectivity index (χ2n) is 5.21. The third-order valence-electron chi connectivity index (χ3n) is 3.70. The fourth-order valence-corrected chi connectivity index (χ4v) is 2.45. The highest BCUT2D eigenvalue weighted by atomic mass is 16.7. The number of aryl methyl sites for hydroxylation is 1. The molecule has 4 unspecified atom stereocenters. The number of ether oxygens (including phenoxy) is 3. The molecule has 1 aliphatic rings. The summed E-state index contributed by atoms with van der Waals surface area (Å²) in [5, 5.41) is 29.4. The first-order valence-corrected chi connectivity index (χ1v) is 6.91. The van der Waals surface area contributed by atoms with Gasteiger partial charge in [0, 0.05) is 19.1 Å². The lowest BCUT2D eigenvalue weighted by atomic mass is 9.96. The van der Waals surface area contributed by atoms with E-state index in [9.17, 15) is 15.3 Å². The standard InChI is InChI=1S/C15H22O6/c1-9-3-4-12-10(5-9)13(19-2)6-11(17)15(18)14(7-16)21-8-20-12/h3-5,11,13-18H,6-8H2,1-2H3. The molecule has 0 radical (unpaired) electrons. The highest BCUT2D eigenvalue weighted by molar-refractivity contribution is 5.38. The average Bonchev–Trinajstić information content (AvgIpc) is 2.49. The van der Waals surface area contributed by atoms with Crippen molar-refractivity contribution in [3.63, 3.8) is 0 Å². The molecule has 6 nitrogen and oxygen atoms in total. The quantitative estimate of drug-likeness (QED) is 0.738. The molecule has 4 atom stereocenters. The summed E-state index contributed by atoms with van der Waals surface area (Å²) in [4.78, 5) is 0. The Kier molecular flexibility index (Phi) is 5.55. The number of hydrogen-bond acceptors (Lipinski definition) is 6. The van der Waals surface area contributed by atoms with Crippen LogP contribution in [0.1, 0.15) is 23.7 Å². The van der Waals surface area contributed by atoms with Crippen molar-refractivity contribution < 1.29 is 29.5 Å². The van der Waals surface area contributed by atoms with Crippen LogP contribution in [0.2, 0.25) is 0 Å². The molecule has 0 fully saturated rings. The van der Waals surface area contributed by atoms with Crippen LogP contribution in [0.3, 0.4) is 0 Å². The van der Waals surface area contributed by atoms with E-state index in [4.69, 9.17) is 14.2 Å². The SMILES string of the molecule is COC1CC(O)C(O)C(CO)OCOc2ccc(C)cc21. The molecule has 2 rings (SSSR count). The minimum absolute atomic E-state index is 0.124. The molecule has 0 aromatic heterocycles. The van der Waals surface area contributed by atoms with Gasteiger partial charge in [0.15, 0.2) is 6.79 Å². The first kappa shape index (κ1) is 16.2. The lowest BCUT2D eigenvalue weighted by Gasteiger charge is -2.30. The summed E-state index contributed by atoms with van der Waals surface area (Å²) in [7, 11) is 1.54. The van der Waals surface area contributed by atoms with Gasteiger partial charge in [-0.2, -0.15) is 0 Å². The summed E-state index contributed by atoms with van der Waals surface area (Å²) < 4.78 is 16.3. The molecule has 0 spiro atoms. The molecule has 1 heterocycles. The van der Waals surface area contributed by atoms with Crippen molar-refractivity contribution in [1.82, 2.24) is 0 Å². The molecule has 21 heavy (non-hydrogen) atoms. The first-order valence-electron chi connectivity index (χ1n) is 6.91. The molecule has 1 aliphatic heterocycles. The smallest absolute Gasteiger partial charge is 0.189 e. The first-order chi connectivity index (χ1) is 10.1. The van der Waals surface area contributed by atoms with E-state index in [2.05, 4.69) is 0 Å². The van der Waals surface area contributed by atoms with E-state index in [1.165, 1.54) is 0 Å². The second kappa shape index (κ2) is 7.20. The topological polar surface area (TPSA) is 88.4 Å². The van der Waals surface area contributed by atoms with E-state index in [1.54, 1.807) is 7.11 Å². The molecule has 0 saturated heterocycles. The van der Waals surface area contributed by atoms with Gasteiger partial charge in [0.25, 0.3) is 0 Å². The largest absolute Gasteiger partial charge is 0.467 e. The Hall–Kier alpha value is -1.18. The van der Waals surface area contributed by atoms with E-state index in [0.717, 1.165) is 11.1 Å². The van der Waals surface area contributed by atoms with Gasteiger partial charge >= 0.3 is 0 Å². The van der Waals surface area contributed by atoms with Gasteiger partial charge in [0.1, 0.15) is 18.0 Å². The van der Waals surface area contributed by atoms with Crippen LogP contribution in [0, 0.1) is 6.92 Å². The molecular weight excluding hydrogens is 276 g/mol. The minimum Gasteiger partial charge on any atom is -0.467 e. The van der Waals surface area contributed by atoms with Crippen molar-refractivity contribution in [2.24, 2.45) is 0 Å². The van der Waals surface area contributed by atoms with E-state index in [1.807, 2.05) is 25.1 Å². The van der Waals surface area contributed by atoms with Gasteiger partial charge in [-0.1, -0.05) is 11.6 Å². The van der Waals surface area contributed by atoms with Gasteiger partial charge < -0.3 is 29.5 Å². The molecule has 3 N–H and O–H groups in total. The molecular formula is C15H22O6. The Labute approximate surface area is 123 Å². The number of rotatable bonds is 2. The Morgan fingerprint density at radius 2 is 2.10 bits per heavy atom. The Balaban J connectivity index is 2.33. The van der Waals surface area contributed by atoms with Crippen molar-refractivity contribution in [3.8, 4) is 5.75 Å². The van der Waals surface area contributed by atoms with Crippen molar-refractivity contribution in [2.75, 3.05) is 20.5 Å². The summed E-state index contributed by atoms with van der Waals surface area (Å²) >= 11 is 0.